The van der Waals surface area contributed by atoms with Gasteiger partial charge >= 0.3 is 5.97 Å². The van der Waals surface area contributed by atoms with Gasteiger partial charge < -0.3 is 10.5 Å². The van der Waals surface area contributed by atoms with E-state index in [-0.39, 0.29) is 12.5 Å². The molecule has 2 N–H and O–H groups in total. The van der Waals surface area contributed by atoms with E-state index in [1.807, 2.05) is 20.8 Å². The Hall–Kier alpha value is -1.43. The maximum Gasteiger partial charge on any atom is 0.328 e. The van der Waals surface area contributed by atoms with Gasteiger partial charge in [0, 0.05) is 6.54 Å². The van der Waals surface area contributed by atoms with Crippen LogP contribution in [0.3, 0.4) is 0 Å². The van der Waals surface area contributed by atoms with Crippen LogP contribution in [0.5, 0.6) is 0 Å². The lowest BCUT2D eigenvalue weighted by atomic mass is 10.2. The van der Waals surface area contributed by atoms with Gasteiger partial charge in [-0.05, 0) is 20.8 Å². The fraction of sp³-hybridized carbons (Fsp3) is 0.667. The molecule has 6 nitrogen and oxygen atoms in total. The summed E-state index contributed by atoms with van der Waals surface area (Å²) in [6.07, 6.45) is 1.63. The van der Waals surface area contributed by atoms with Crippen molar-refractivity contribution < 1.29 is 9.53 Å². The van der Waals surface area contributed by atoms with Crippen LogP contribution in [0.4, 0.5) is 0 Å². The lowest BCUT2D eigenvalue weighted by molar-refractivity contribution is -0.155. The Balaban J connectivity index is 2.51. The van der Waals surface area contributed by atoms with Crippen molar-refractivity contribution in [1.82, 2.24) is 15.0 Å². The van der Waals surface area contributed by atoms with Crippen LogP contribution in [0.2, 0.25) is 0 Å². The third-order valence-corrected chi connectivity index (χ3v) is 1.51. The standard InChI is InChI=1S/C9H16N4O2/c1-9(2,3)15-8(14)6-13-5-7(4-10)11-12-13/h5H,4,6,10H2,1-3H3. The van der Waals surface area contributed by atoms with Crippen LogP contribution < -0.4 is 5.73 Å². The Morgan fingerprint density at radius 2 is 2.27 bits per heavy atom. The average molecular weight is 212 g/mol. The van der Waals surface area contributed by atoms with E-state index in [0.717, 1.165) is 0 Å². The lowest BCUT2D eigenvalue weighted by Crippen LogP contribution is -2.26. The Kier molecular flexibility index (Phi) is 3.41. The molecular formula is C9H16N4O2. The van der Waals surface area contributed by atoms with Gasteiger partial charge in [0.05, 0.1) is 11.9 Å². The minimum atomic E-state index is -0.478. The first-order chi connectivity index (χ1) is 6.90. The largest absolute Gasteiger partial charge is 0.459 e. The first kappa shape index (κ1) is 11.6. The summed E-state index contributed by atoms with van der Waals surface area (Å²) in [4.78, 5) is 11.4. The molecule has 1 aromatic rings. The molecule has 1 rings (SSSR count). The predicted octanol–water partition coefficient (Wildman–Crippen LogP) is 0.0785. The van der Waals surface area contributed by atoms with Gasteiger partial charge in [-0.1, -0.05) is 5.21 Å². The van der Waals surface area contributed by atoms with E-state index in [2.05, 4.69) is 10.3 Å². The molecule has 0 saturated heterocycles. The fourth-order valence-electron chi connectivity index (χ4n) is 1.02. The molecule has 0 bridgehead atoms. The quantitative estimate of drug-likeness (QED) is 0.717. The zero-order valence-corrected chi connectivity index (χ0v) is 9.23. The van der Waals surface area contributed by atoms with Crippen molar-refractivity contribution in [3.8, 4) is 0 Å². The number of rotatable bonds is 3. The summed E-state index contributed by atoms with van der Waals surface area (Å²) in [5.74, 6) is -0.337. The molecular weight excluding hydrogens is 196 g/mol. The molecule has 0 aliphatic rings. The van der Waals surface area contributed by atoms with E-state index >= 15 is 0 Å². The molecule has 6 heteroatoms. The fourth-order valence-corrected chi connectivity index (χ4v) is 1.02. The van der Waals surface area contributed by atoms with Gasteiger partial charge in [0.1, 0.15) is 12.1 Å². The summed E-state index contributed by atoms with van der Waals surface area (Å²) < 4.78 is 6.54. The lowest BCUT2D eigenvalue weighted by Gasteiger charge is -2.19. The van der Waals surface area contributed by atoms with Crippen molar-refractivity contribution >= 4 is 5.97 Å². The van der Waals surface area contributed by atoms with Gasteiger partial charge in [0.15, 0.2) is 0 Å². The highest BCUT2D eigenvalue weighted by molar-refractivity contribution is 5.69. The molecule has 0 unspecified atom stereocenters. The topological polar surface area (TPSA) is 83.0 Å². The summed E-state index contributed by atoms with van der Waals surface area (Å²) >= 11 is 0. The monoisotopic (exact) mass is 212 g/mol. The van der Waals surface area contributed by atoms with Gasteiger partial charge in [0.25, 0.3) is 0 Å². The summed E-state index contributed by atoms with van der Waals surface area (Å²) in [7, 11) is 0. The second kappa shape index (κ2) is 4.39. The van der Waals surface area contributed by atoms with Crippen LogP contribution in [0, 0.1) is 0 Å². The van der Waals surface area contributed by atoms with E-state index < -0.39 is 5.60 Å². The van der Waals surface area contributed by atoms with Gasteiger partial charge in [-0.3, -0.25) is 4.79 Å². The normalized spacial score (nSPS) is 11.5. The molecule has 84 valence electrons. The average Bonchev–Trinajstić information content (AvgIpc) is 2.48. The van der Waals surface area contributed by atoms with Crippen molar-refractivity contribution in [2.75, 3.05) is 0 Å². The second-order valence-corrected chi connectivity index (χ2v) is 4.20. The molecule has 0 aliphatic heterocycles. The smallest absolute Gasteiger partial charge is 0.328 e. The highest BCUT2D eigenvalue weighted by atomic mass is 16.6. The zero-order valence-electron chi connectivity index (χ0n) is 9.23. The summed E-state index contributed by atoms with van der Waals surface area (Å²) in [6, 6.07) is 0. The maximum atomic E-state index is 11.4. The van der Waals surface area contributed by atoms with Gasteiger partial charge in [-0.25, -0.2) is 4.68 Å². The minimum Gasteiger partial charge on any atom is -0.459 e. The molecule has 0 radical (unpaired) electrons. The van der Waals surface area contributed by atoms with Crippen molar-refractivity contribution in [2.45, 2.75) is 39.5 Å². The molecule has 15 heavy (non-hydrogen) atoms. The highest BCUT2D eigenvalue weighted by Crippen LogP contribution is 2.07. The van der Waals surface area contributed by atoms with E-state index in [0.29, 0.717) is 12.2 Å². The van der Waals surface area contributed by atoms with Gasteiger partial charge in [-0.2, -0.15) is 0 Å². The second-order valence-electron chi connectivity index (χ2n) is 4.20. The molecule has 0 spiro atoms. The third-order valence-electron chi connectivity index (χ3n) is 1.51. The Bertz CT molecular complexity index is 340. The molecule has 0 amide bonds. The first-order valence-corrected chi connectivity index (χ1v) is 4.71. The minimum absolute atomic E-state index is 0.0598. The number of carbonyl (C=O) groups is 1. The van der Waals surface area contributed by atoms with Crippen LogP contribution in [0.15, 0.2) is 6.20 Å². The Morgan fingerprint density at radius 1 is 1.60 bits per heavy atom. The maximum absolute atomic E-state index is 11.4. The third kappa shape index (κ3) is 4.07. The summed E-state index contributed by atoms with van der Waals surface area (Å²) in [6.45, 7) is 5.82. The molecule has 0 fully saturated rings. The number of esters is 1. The van der Waals surface area contributed by atoms with Gasteiger partial charge in [-0.15, -0.1) is 5.10 Å². The highest BCUT2D eigenvalue weighted by Gasteiger charge is 2.16. The number of hydrogen-bond donors (Lipinski definition) is 1. The van der Waals surface area contributed by atoms with Crippen LogP contribution in [0.25, 0.3) is 0 Å². The number of nitrogens with two attached hydrogens (primary N) is 1. The summed E-state index contributed by atoms with van der Waals surface area (Å²) in [5.41, 5.74) is 5.54. The van der Waals surface area contributed by atoms with Crippen molar-refractivity contribution in [2.24, 2.45) is 5.73 Å². The first-order valence-electron chi connectivity index (χ1n) is 4.71. The zero-order chi connectivity index (χ0) is 11.5. The molecule has 1 heterocycles. The number of hydrogen-bond acceptors (Lipinski definition) is 5. The molecule has 0 aromatic carbocycles. The van der Waals surface area contributed by atoms with Crippen molar-refractivity contribution in [3.05, 3.63) is 11.9 Å². The van der Waals surface area contributed by atoms with Gasteiger partial charge in [0.2, 0.25) is 0 Å². The van der Waals surface area contributed by atoms with E-state index in [1.165, 1.54) is 4.68 Å². The number of aromatic nitrogens is 3. The number of ether oxygens (including phenoxy) is 1. The van der Waals surface area contributed by atoms with Crippen LogP contribution in [-0.4, -0.2) is 26.6 Å². The molecule has 0 saturated carbocycles. The van der Waals surface area contributed by atoms with Crippen LogP contribution in [-0.2, 0) is 22.6 Å². The molecule has 1 aromatic heterocycles. The molecule has 0 aliphatic carbocycles. The molecule has 0 atom stereocenters. The SMILES string of the molecule is CC(C)(C)OC(=O)Cn1cc(CN)nn1. The van der Waals surface area contributed by atoms with E-state index in [9.17, 15) is 4.79 Å². The number of nitrogens with zero attached hydrogens (tertiary/aromatic N) is 3. The van der Waals surface area contributed by atoms with Crippen molar-refractivity contribution in [1.29, 1.82) is 0 Å². The van der Waals surface area contributed by atoms with Crippen LogP contribution in [0.1, 0.15) is 26.5 Å². The Labute approximate surface area is 88.4 Å². The van der Waals surface area contributed by atoms with E-state index in [1.54, 1.807) is 6.20 Å². The summed E-state index contributed by atoms with van der Waals surface area (Å²) in [5, 5.41) is 7.51. The Morgan fingerprint density at radius 3 is 2.73 bits per heavy atom. The predicted molar refractivity (Wildman–Crippen MR) is 53.8 cm³/mol. The van der Waals surface area contributed by atoms with Crippen molar-refractivity contribution in [3.63, 3.8) is 0 Å². The number of carbonyl (C=O) groups excluding carboxylic acids is 1. The van der Waals surface area contributed by atoms with E-state index in [4.69, 9.17) is 10.5 Å². The van der Waals surface area contributed by atoms with Crippen LogP contribution >= 0.6 is 0 Å².